The van der Waals surface area contributed by atoms with Crippen molar-refractivity contribution in [1.82, 2.24) is 0 Å². The molecule has 1 aromatic rings. The summed E-state index contributed by atoms with van der Waals surface area (Å²) in [5.74, 6) is -0.0624. The van der Waals surface area contributed by atoms with Gasteiger partial charge in [0.25, 0.3) is 0 Å². The number of rotatable bonds is 10. The molecule has 5 atom stereocenters. The van der Waals surface area contributed by atoms with Crippen LogP contribution in [0.5, 0.6) is 0 Å². The molecule has 0 aliphatic heterocycles. The lowest BCUT2D eigenvalue weighted by Gasteiger charge is -2.19. The number of unbranched alkanes of at least 4 members (excludes halogenated alkanes) is 2. The molecule has 1 aliphatic carbocycles. The summed E-state index contributed by atoms with van der Waals surface area (Å²) in [5, 5.41) is 30.8. The summed E-state index contributed by atoms with van der Waals surface area (Å²) in [6.45, 7) is 2.18. The van der Waals surface area contributed by atoms with E-state index in [1.807, 2.05) is 24.3 Å². The molecule has 1 aromatic carbocycles. The molecule has 0 bridgehead atoms. The minimum atomic E-state index is -0.531. The molecule has 0 amide bonds. The Morgan fingerprint density at radius 2 is 1.88 bits per heavy atom. The first-order valence-electron chi connectivity index (χ1n) is 10.0. The fraction of sp³-hybridized carbons (Fsp3) is 0.565. The zero-order valence-electron chi connectivity index (χ0n) is 15.9. The van der Waals surface area contributed by atoms with E-state index in [1.54, 1.807) is 6.08 Å². The Morgan fingerprint density at radius 3 is 2.62 bits per heavy atom. The maximum atomic E-state index is 10.3. The monoisotopic (exact) mass is 358 g/mol. The number of aliphatic hydroxyl groups is 3. The first kappa shape index (κ1) is 20.9. The number of aliphatic hydroxyl groups excluding tert-OH is 3. The molecule has 0 aromatic heterocycles. The Balaban J connectivity index is 1.85. The number of hydrogen-bond donors (Lipinski definition) is 3. The van der Waals surface area contributed by atoms with Crippen LogP contribution < -0.4 is 0 Å². The predicted octanol–water partition coefficient (Wildman–Crippen LogP) is 4.03. The Labute approximate surface area is 158 Å². The third kappa shape index (κ3) is 6.71. The lowest BCUT2D eigenvalue weighted by molar-refractivity contribution is 0.120. The Hall–Kier alpha value is -1.42. The summed E-state index contributed by atoms with van der Waals surface area (Å²) in [4.78, 5) is 0. The van der Waals surface area contributed by atoms with Gasteiger partial charge < -0.3 is 15.3 Å². The second-order valence-corrected chi connectivity index (χ2v) is 7.44. The van der Waals surface area contributed by atoms with Gasteiger partial charge in [0.15, 0.2) is 0 Å². The smallest absolute Gasteiger partial charge is 0.0724 e. The Bertz CT molecular complexity index is 552. The van der Waals surface area contributed by atoms with Crippen LogP contribution in [0.25, 0.3) is 0 Å². The number of benzene rings is 1. The van der Waals surface area contributed by atoms with Crippen molar-refractivity contribution in [2.45, 2.75) is 70.2 Å². The molecule has 0 radical (unpaired) electrons. The van der Waals surface area contributed by atoms with Gasteiger partial charge in [-0.25, -0.2) is 0 Å². The van der Waals surface area contributed by atoms with Crippen molar-refractivity contribution < 1.29 is 15.3 Å². The van der Waals surface area contributed by atoms with Gasteiger partial charge in [-0.3, -0.25) is 0 Å². The van der Waals surface area contributed by atoms with Crippen molar-refractivity contribution in [2.24, 2.45) is 11.8 Å². The second-order valence-electron chi connectivity index (χ2n) is 7.44. The highest BCUT2D eigenvalue weighted by Crippen LogP contribution is 2.36. The van der Waals surface area contributed by atoms with E-state index in [2.05, 4.69) is 31.2 Å². The van der Waals surface area contributed by atoms with Crippen molar-refractivity contribution in [2.75, 3.05) is 0 Å². The summed E-state index contributed by atoms with van der Waals surface area (Å²) >= 11 is 0. The molecule has 1 fully saturated rings. The van der Waals surface area contributed by atoms with Crippen molar-refractivity contribution in [3.63, 3.8) is 0 Å². The van der Waals surface area contributed by atoms with Crippen LogP contribution in [-0.4, -0.2) is 33.6 Å². The topological polar surface area (TPSA) is 60.7 Å². The molecule has 144 valence electrons. The minimum Gasteiger partial charge on any atom is -0.393 e. The zero-order valence-corrected chi connectivity index (χ0v) is 15.9. The molecule has 3 heteroatoms. The average Bonchev–Trinajstić information content (AvgIpc) is 2.91. The fourth-order valence-electron chi connectivity index (χ4n) is 3.71. The lowest BCUT2D eigenvalue weighted by Crippen LogP contribution is -2.20. The van der Waals surface area contributed by atoms with Crippen LogP contribution >= 0.6 is 0 Å². The van der Waals surface area contributed by atoms with Gasteiger partial charge in [0.1, 0.15) is 0 Å². The lowest BCUT2D eigenvalue weighted by atomic mass is 9.89. The van der Waals surface area contributed by atoms with E-state index >= 15 is 0 Å². The SMILES string of the molecule is CCCC/C=C\C[C@@H]1[C@@H](/C=C/[C@H](O)CCc2ccccc2)[C@H](O)C[C@@H]1O. The summed E-state index contributed by atoms with van der Waals surface area (Å²) < 4.78 is 0. The maximum absolute atomic E-state index is 10.3. The Kier molecular flexibility index (Phi) is 9.10. The van der Waals surface area contributed by atoms with Crippen molar-refractivity contribution >= 4 is 0 Å². The number of aryl methyl sites for hydroxylation is 1. The van der Waals surface area contributed by atoms with Crippen LogP contribution in [0, 0.1) is 11.8 Å². The van der Waals surface area contributed by atoms with E-state index in [0.717, 1.165) is 19.3 Å². The first-order valence-corrected chi connectivity index (χ1v) is 10.0. The van der Waals surface area contributed by atoms with Crippen LogP contribution in [0.4, 0.5) is 0 Å². The van der Waals surface area contributed by atoms with Gasteiger partial charge in [0, 0.05) is 12.3 Å². The predicted molar refractivity (Wildman–Crippen MR) is 107 cm³/mol. The van der Waals surface area contributed by atoms with Gasteiger partial charge in [-0.05, 0) is 37.2 Å². The van der Waals surface area contributed by atoms with E-state index < -0.39 is 18.3 Å². The largest absolute Gasteiger partial charge is 0.393 e. The molecule has 1 saturated carbocycles. The normalized spacial score (nSPS) is 27.5. The van der Waals surface area contributed by atoms with Crippen LogP contribution in [0.3, 0.4) is 0 Å². The van der Waals surface area contributed by atoms with Gasteiger partial charge in [0.2, 0.25) is 0 Å². The summed E-state index contributed by atoms with van der Waals surface area (Å²) in [5.41, 5.74) is 1.21. The zero-order chi connectivity index (χ0) is 18.8. The summed E-state index contributed by atoms with van der Waals surface area (Å²) in [6.07, 6.45) is 12.6. The van der Waals surface area contributed by atoms with Crippen LogP contribution in [-0.2, 0) is 6.42 Å². The summed E-state index contributed by atoms with van der Waals surface area (Å²) in [6, 6.07) is 10.1. The van der Waals surface area contributed by atoms with E-state index in [9.17, 15) is 15.3 Å². The number of allylic oxidation sites excluding steroid dienone is 2. The van der Waals surface area contributed by atoms with Crippen LogP contribution in [0.15, 0.2) is 54.6 Å². The highest BCUT2D eigenvalue weighted by atomic mass is 16.3. The average molecular weight is 359 g/mol. The molecule has 26 heavy (non-hydrogen) atoms. The third-order valence-corrected chi connectivity index (χ3v) is 5.34. The van der Waals surface area contributed by atoms with Gasteiger partial charge >= 0.3 is 0 Å². The molecular formula is C23H34O3. The first-order chi connectivity index (χ1) is 12.6. The van der Waals surface area contributed by atoms with Crippen LogP contribution in [0.2, 0.25) is 0 Å². The number of hydrogen-bond acceptors (Lipinski definition) is 3. The maximum Gasteiger partial charge on any atom is 0.0724 e. The highest BCUT2D eigenvalue weighted by molar-refractivity contribution is 5.15. The molecule has 1 aliphatic rings. The molecular weight excluding hydrogens is 324 g/mol. The second kappa shape index (κ2) is 11.3. The standard InChI is InChI=1S/C23H34O3/c1-2-3-4-5-9-12-20-21(23(26)17-22(20)25)16-15-19(24)14-13-18-10-7-6-8-11-18/h5-11,15-16,19-26H,2-4,12-14,17H2,1H3/b9-5-,16-15+/t19-,20-,21-,22+,23-/m1/s1. The molecule has 0 spiro atoms. The van der Waals surface area contributed by atoms with Gasteiger partial charge in [-0.15, -0.1) is 0 Å². The van der Waals surface area contributed by atoms with E-state index in [4.69, 9.17) is 0 Å². The molecule has 2 rings (SSSR count). The Morgan fingerprint density at radius 1 is 1.12 bits per heavy atom. The van der Waals surface area contributed by atoms with E-state index in [1.165, 1.54) is 18.4 Å². The van der Waals surface area contributed by atoms with Crippen molar-refractivity contribution in [3.05, 3.63) is 60.2 Å². The highest BCUT2D eigenvalue weighted by Gasteiger charge is 2.39. The molecule has 3 nitrogen and oxygen atoms in total. The quantitative estimate of drug-likeness (QED) is 0.437. The molecule has 0 heterocycles. The van der Waals surface area contributed by atoms with Gasteiger partial charge in [-0.2, -0.15) is 0 Å². The van der Waals surface area contributed by atoms with Crippen LogP contribution in [0.1, 0.15) is 51.0 Å². The minimum absolute atomic E-state index is 0.0282. The molecule has 3 N–H and O–H groups in total. The molecule has 0 saturated heterocycles. The van der Waals surface area contributed by atoms with Crippen molar-refractivity contribution in [1.29, 1.82) is 0 Å². The van der Waals surface area contributed by atoms with Crippen molar-refractivity contribution in [3.8, 4) is 0 Å². The fourth-order valence-corrected chi connectivity index (χ4v) is 3.71. The van der Waals surface area contributed by atoms with Gasteiger partial charge in [0.05, 0.1) is 18.3 Å². The van der Waals surface area contributed by atoms with E-state index in [0.29, 0.717) is 12.8 Å². The van der Waals surface area contributed by atoms with Gasteiger partial charge in [-0.1, -0.05) is 74.4 Å². The van der Waals surface area contributed by atoms with E-state index in [-0.39, 0.29) is 11.8 Å². The molecule has 0 unspecified atom stereocenters. The summed E-state index contributed by atoms with van der Waals surface area (Å²) in [7, 11) is 0. The third-order valence-electron chi connectivity index (χ3n) is 5.34.